The molecule has 0 radical (unpaired) electrons. The van der Waals surface area contributed by atoms with Crippen molar-refractivity contribution in [2.24, 2.45) is 0 Å². The van der Waals surface area contributed by atoms with Crippen LogP contribution in [0.4, 0.5) is 10.2 Å². The highest BCUT2D eigenvalue weighted by molar-refractivity contribution is 6.28. The van der Waals surface area contributed by atoms with Crippen molar-refractivity contribution in [2.75, 3.05) is 11.9 Å². The largest absolute Gasteiger partial charge is 0.352 e. The number of fused-ring (bicyclic) bond motifs is 1. The van der Waals surface area contributed by atoms with Gasteiger partial charge in [-0.3, -0.25) is 0 Å². The maximum Gasteiger partial charge on any atom is 0.224 e. The topological polar surface area (TPSA) is 59.7 Å². The van der Waals surface area contributed by atoms with Gasteiger partial charge in [0.1, 0.15) is 18.0 Å². The van der Waals surface area contributed by atoms with Crippen LogP contribution in [0.1, 0.15) is 51.2 Å². The molecular weight excluding hydrogens is 391 g/mol. The van der Waals surface area contributed by atoms with Gasteiger partial charge in [0, 0.05) is 12.6 Å². The van der Waals surface area contributed by atoms with Gasteiger partial charge in [-0.2, -0.15) is 0 Å². The zero-order valence-electron chi connectivity index (χ0n) is 17.7. The Hall–Kier alpha value is -2.54. The summed E-state index contributed by atoms with van der Waals surface area (Å²) >= 11 is 6.05. The van der Waals surface area contributed by atoms with Crippen molar-refractivity contribution in [2.45, 2.75) is 53.5 Å². The summed E-state index contributed by atoms with van der Waals surface area (Å²) in [7, 11) is 1.93. The van der Waals surface area contributed by atoms with E-state index in [4.69, 9.17) is 11.6 Å². The lowest BCUT2D eigenvalue weighted by Gasteiger charge is -2.19. The molecule has 1 aromatic carbocycles. The van der Waals surface area contributed by atoms with E-state index in [1.807, 2.05) is 39.6 Å². The van der Waals surface area contributed by atoms with Crippen molar-refractivity contribution >= 4 is 17.4 Å². The molecule has 0 aliphatic heterocycles. The quantitative estimate of drug-likeness (QED) is 0.556. The number of nitrogens with zero attached hydrogens (tertiary/aromatic N) is 6. The molecule has 0 atom stereocenters. The molecule has 0 bridgehead atoms. The molecule has 1 aliphatic carbocycles. The van der Waals surface area contributed by atoms with Crippen LogP contribution >= 0.6 is 11.6 Å². The minimum atomic E-state index is -0.308. The first kappa shape index (κ1) is 22.7. The average Bonchev–Trinajstić information content (AvgIpc) is 3.40. The predicted molar refractivity (Wildman–Crippen MR) is 115 cm³/mol. The number of hydrogen-bond acceptors (Lipinski definition) is 5. The Balaban J connectivity index is 0.000000707. The van der Waals surface area contributed by atoms with Gasteiger partial charge in [-0.15, -0.1) is 5.10 Å². The average molecular weight is 419 g/mol. The van der Waals surface area contributed by atoms with E-state index in [1.54, 1.807) is 23.1 Å². The molecule has 2 aromatic heterocycles. The smallest absolute Gasteiger partial charge is 0.224 e. The Kier molecular flexibility index (Phi) is 8.51. The molecule has 0 N–H and O–H groups in total. The molecule has 3 aromatic rings. The highest BCUT2D eigenvalue weighted by Crippen LogP contribution is 2.29. The molecule has 0 saturated carbocycles. The highest BCUT2D eigenvalue weighted by atomic mass is 35.5. The van der Waals surface area contributed by atoms with E-state index >= 15 is 0 Å². The molecule has 8 heteroatoms. The first-order valence-corrected chi connectivity index (χ1v) is 10.4. The van der Waals surface area contributed by atoms with E-state index in [2.05, 4.69) is 20.1 Å². The van der Waals surface area contributed by atoms with Gasteiger partial charge in [-0.05, 0) is 49.1 Å². The molecule has 0 amide bonds. The SMILES string of the molecule is CC.CC.CN(Cc1ncn(-c2cccc(F)c2)n1)c1nc(Cl)nc2c1CCC2. The van der Waals surface area contributed by atoms with Crippen molar-refractivity contribution in [1.29, 1.82) is 0 Å². The first-order valence-electron chi connectivity index (χ1n) is 10.0. The summed E-state index contributed by atoms with van der Waals surface area (Å²) in [5.74, 6) is 1.14. The van der Waals surface area contributed by atoms with Gasteiger partial charge in [0.25, 0.3) is 0 Å². The van der Waals surface area contributed by atoms with Crippen molar-refractivity contribution in [3.8, 4) is 5.69 Å². The van der Waals surface area contributed by atoms with Crippen LogP contribution in [-0.4, -0.2) is 31.8 Å². The van der Waals surface area contributed by atoms with Crippen LogP contribution in [0.2, 0.25) is 5.28 Å². The minimum Gasteiger partial charge on any atom is -0.352 e. The van der Waals surface area contributed by atoms with Crippen molar-refractivity contribution < 1.29 is 4.39 Å². The fraction of sp³-hybridized carbons (Fsp3) is 0.429. The number of hydrogen-bond donors (Lipinski definition) is 0. The Morgan fingerprint density at radius 2 is 1.90 bits per heavy atom. The molecule has 0 unspecified atom stereocenters. The van der Waals surface area contributed by atoms with Gasteiger partial charge in [0.05, 0.1) is 17.9 Å². The Morgan fingerprint density at radius 3 is 2.62 bits per heavy atom. The molecule has 1 aliphatic rings. The number of benzene rings is 1. The molecule has 0 saturated heterocycles. The van der Waals surface area contributed by atoms with Gasteiger partial charge in [-0.1, -0.05) is 33.8 Å². The number of rotatable bonds is 4. The Bertz CT molecular complexity index is 927. The van der Waals surface area contributed by atoms with Crippen molar-refractivity contribution in [1.82, 2.24) is 24.7 Å². The van der Waals surface area contributed by atoms with Crippen LogP contribution in [0.25, 0.3) is 5.69 Å². The van der Waals surface area contributed by atoms with Gasteiger partial charge in [-0.25, -0.2) is 24.0 Å². The molecule has 0 fully saturated rings. The van der Waals surface area contributed by atoms with Gasteiger partial charge in [0.2, 0.25) is 5.28 Å². The highest BCUT2D eigenvalue weighted by Gasteiger charge is 2.21. The van der Waals surface area contributed by atoms with Crippen LogP contribution in [0.5, 0.6) is 0 Å². The first-order chi connectivity index (χ1) is 14.1. The molecule has 156 valence electrons. The number of anilines is 1. The summed E-state index contributed by atoms with van der Waals surface area (Å²) in [4.78, 5) is 15.0. The molecule has 6 nitrogen and oxygen atoms in total. The number of halogens is 2. The lowest BCUT2D eigenvalue weighted by molar-refractivity contribution is 0.625. The fourth-order valence-electron chi connectivity index (χ4n) is 3.10. The van der Waals surface area contributed by atoms with Crippen molar-refractivity contribution in [3.63, 3.8) is 0 Å². The van der Waals surface area contributed by atoms with Crippen LogP contribution in [0.3, 0.4) is 0 Å². The second-order valence-electron chi connectivity index (χ2n) is 6.04. The van der Waals surface area contributed by atoms with Gasteiger partial charge < -0.3 is 4.90 Å². The zero-order chi connectivity index (χ0) is 21.4. The third-order valence-corrected chi connectivity index (χ3v) is 4.41. The van der Waals surface area contributed by atoms with E-state index in [0.717, 1.165) is 36.3 Å². The molecule has 29 heavy (non-hydrogen) atoms. The van der Waals surface area contributed by atoms with Gasteiger partial charge in [0.15, 0.2) is 5.82 Å². The van der Waals surface area contributed by atoms with Crippen LogP contribution < -0.4 is 4.90 Å². The number of aromatic nitrogens is 5. The molecule has 0 spiro atoms. The van der Waals surface area contributed by atoms with E-state index < -0.39 is 0 Å². The maximum atomic E-state index is 13.4. The third-order valence-electron chi connectivity index (χ3n) is 4.24. The van der Waals surface area contributed by atoms with E-state index in [0.29, 0.717) is 18.1 Å². The third kappa shape index (κ3) is 5.50. The summed E-state index contributed by atoms with van der Waals surface area (Å²) in [5, 5.41) is 4.69. The van der Waals surface area contributed by atoms with Crippen LogP contribution in [0.15, 0.2) is 30.6 Å². The lowest BCUT2D eigenvalue weighted by atomic mass is 10.2. The van der Waals surface area contributed by atoms with Crippen LogP contribution in [0, 0.1) is 5.82 Å². The summed E-state index contributed by atoms with van der Waals surface area (Å²) in [6, 6.07) is 6.24. The molecular formula is C21H28ClFN6. The van der Waals surface area contributed by atoms with E-state index in [1.165, 1.54) is 12.1 Å². The Labute approximate surface area is 176 Å². The second-order valence-corrected chi connectivity index (χ2v) is 6.37. The summed E-state index contributed by atoms with van der Waals surface area (Å²) < 4.78 is 14.9. The number of aryl methyl sites for hydroxylation is 1. The standard InChI is InChI=1S/C17H16ClFN6.2C2H6/c1-24(16-13-6-3-7-14(13)21-17(18)22-16)9-15-20-10-25(23-15)12-5-2-4-11(19)8-12;2*1-2/h2,4-5,8,10H,3,6-7,9H2,1H3;2*1-2H3. The Morgan fingerprint density at radius 1 is 1.14 bits per heavy atom. The molecule has 4 rings (SSSR count). The normalized spacial score (nSPS) is 11.7. The fourth-order valence-corrected chi connectivity index (χ4v) is 3.28. The second kappa shape index (κ2) is 10.9. The predicted octanol–water partition coefficient (Wildman–Crippen LogP) is 5.03. The van der Waals surface area contributed by atoms with E-state index in [-0.39, 0.29) is 11.1 Å². The zero-order valence-corrected chi connectivity index (χ0v) is 18.4. The summed E-state index contributed by atoms with van der Waals surface area (Å²) in [5.41, 5.74) is 2.81. The lowest BCUT2D eigenvalue weighted by Crippen LogP contribution is -2.21. The van der Waals surface area contributed by atoms with Crippen LogP contribution in [-0.2, 0) is 19.4 Å². The van der Waals surface area contributed by atoms with E-state index in [9.17, 15) is 4.39 Å². The monoisotopic (exact) mass is 418 g/mol. The molecule has 2 heterocycles. The maximum absolute atomic E-state index is 13.4. The summed E-state index contributed by atoms with van der Waals surface area (Å²) in [6.07, 6.45) is 4.54. The summed E-state index contributed by atoms with van der Waals surface area (Å²) in [6.45, 7) is 8.47. The van der Waals surface area contributed by atoms with Gasteiger partial charge >= 0.3 is 0 Å². The minimum absolute atomic E-state index is 0.265. The van der Waals surface area contributed by atoms with Crippen molar-refractivity contribution in [3.05, 3.63) is 58.8 Å².